The minimum atomic E-state index is -0.161. The Bertz CT molecular complexity index is 1040. The average Bonchev–Trinajstić information content (AvgIpc) is 3.02. The number of anilines is 1. The van der Waals surface area contributed by atoms with Gasteiger partial charge in [0, 0.05) is 22.7 Å². The molecular formula is C18H14N4O. The van der Waals surface area contributed by atoms with E-state index in [-0.39, 0.29) is 5.91 Å². The molecule has 2 aromatic carbocycles. The number of pyridine rings is 1. The predicted octanol–water partition coefficient (Wildman–Crippen LogP) is 3.67. The van der Waals surface area contributed by atoms with E-state index in [1.165, 1.54) is 0 Å². The number of amides is 1. The van der Waals surface area contributed by atoms with Crippen LogP contribution in [0, 0.1) is 6.92 Å². The molecule has 2 heterocycles. The van der Waals surface area contributed by atoms with Gasteiger partial charge in [-0.15, -0.1) is 0 Å². The molecule has 1 amide bonds. The summed E-state index contributed by atoms with van der Waals surface area (Å²) >= 11 is 0. The molecule has 0 unspecified atom stereocenters. The number of fused-ring (bicyclic) bond motifs is 2. The van der Waals surface area contributed by atoms with Crippen molar-refractivity contribution in [3.63, 3.8) is 0 Å². The molecule has 0 spiro atoms. The van der Waals surface area contributed by atoms with Gasteiger partial charge in [0.05, 0.1) is 22.8 Å². The lowest BCUT2D eigenvalue weighted by molar-refractivity contribution is 0.102. The quantitative estimate of drug-likeness (QED) is 0.593. The lowest BCUT2D eigenvalue weighted by Crippen LogP contribution is -2.14. The molecule has 5 heteroatoms. The zero-order valence-corrected chi connectivity index (χ0v) is 12.5. The van der Waals surface area contributed by atoms with Gasteiger partial charge < -0.3 is 5.32 Å². The number of H-pyrrole nitrogens is 1. The number of carbonyl (C=O) groups is 1. The van der Waals surface area contributed by atoms with Crippen LogP contribution in [0.25, 0.3) is 21.8 Å². The first kappa shape index (κ1) is 13.5. The van der Waals surface area contributed by atoms with Crippen molar-refractivity contribution in [3.05, 3.63) is 66.0 Å². The molecule has 4 rings (SSSR count). The van der Waals surface area contributed by atoms with Crippen LogP contribution < -0.4 is 5.32 Å². The molecule has 2 aromatic heterocycles. The predicted molar refractivity (Wildman–Crippen MR) is 90.5 cm³/mol. The summed E-state index contributed by atoms with van der Waals surface area (Å²) in [4.78, 5) is 17.1. The molecule has 0 aliphatic rings. The van der Waals surface area contributed by atoms with E-state index >= 15 is 0 Å². The number of aryl methyl sites for hydroxylation is 1. The van der Waals surface area contributed by atoms with Gasteiger partial charge in [-0.25, -0.2) is 0 Å². The lowest BCUT2D eigenvalue weighted by Gasteiger charge is -2.10. The van der Waals surface area contributed by atoms with Gasteiger partial charge >= 0.3 is 0 Å². The van der Waals surface area contributed by atoms with Gasteiger partial charge in [-0.2, -0.15) is 5.10 Å². The lowest BCUT2D eigenvalue weighted by atomic mass is 10.0. The maximum absolute atomic E-state index is 12.7. The molecule has 23 heavy (non-hydrogen) atoms. The fraction of sp³-hybridized carbons (Fsp3) is 0.0556. The summed E-state index contributed by atoms with van der Waals surface area (Å²) in [5.74, 6) is -0.161. The summed E-state index contributed by atoms with van der Waals surface area (Å²) < 4.78 is 0. The van der Waals surface area contributed by atoms with Gasteiger partial charge in [-0.05, 0) is 36.8 Å². The first-order valence-corrected chi connectivity index (χ1v) is 7.31. The van der Waals surface area contributed by atoms with Crippen molar-refractivity contribution < 1.29 is 4.79 Å². The van der Waals surface area contributed by atoms with Crippen molar-refractivity contribution in [2.75, 3.05) is 5.32 Å². The normalized spacial score (nSPS) is 11.0. The van der Waals surface area contributed by atoms with Crippen molar-refractivity contribution in [1.82, 2.24) is 15.2 Å². The zero-order valence-electron chi connectivity index (χ0n) is 12.5. The summed E-state index contributed by atoms with van der Waals surface area (Å²) in [6.07, 6.45) is 3.45. The largest absolute Gasteiger partial charge is 0.322 e. The molecule has 2 N–H and O–H groups in total. The summed E-state index contributed by atoms with van der Waals surface area (Å²) in [7, 11) is 0. The van der Waals surface area contributed by atoms with Crippen LogP contribution in [0.4, 0.5) is 5.69 Å². The van der Waals surface area contributed by atoms with Gasteiger partial charge in [0.1, 0.15) is 0 Å². The third kappa shape index (κ3) is 2.32. The number of aromatic nitrogens is 3. The highest BCUT2D eigenvalue weighted by Gasteiger charge is 2.14. The molecule has 5 nitrogen and oxygen atoms in total. The molecule has 0 aliphatic carbocycles. The number of nitrogens with one attached hydrogen (secondary N) is 2. The Labute approximate surface area is 132 Å². The van der Waals surface area contributed by atoms with E-state index in [2.05, 4.69) is 20.5 Å². The van der Waals surface area contributed by atoms with E-state index in [0.717, 1.165) is 27.5 Å². The number of benzene rings is 2. The number of rotatable bonds is 2. The van der Waals surface area contributed by atoms with Crippen LogP contribution in [-0.4, -0.2) is 21.1 Å². The molecule has 112 valence electrons. The first-order chi connectivity index (χ1) is 11.2. The van der Waals surface area contributed by atoms with Gasteiger partial charge in [0.15, 0.2) is 0 Å². The highest BCUT2D eigenvalue weighted by molar-refractivity contribution is 6.13. The van der Waals surface area contributed by atoms with Crippen LogP contribution in [0.3, 0.4) is 0 Å². The van der Waals surface area contributed by atoms with E-state index in [9.17, 15) is 4.79 Å². The van der Waals surface area contributed by atoms with Gasteiger partial charge in [0.2, 0.25) is 0 Å². The van der Waals surface area contributed by atoms with Crippen molar-refractivity contribution in [2.24, 2.45) is 0 Å². The Balaban J connectivity index is 1.75. The van der Waals surface area contributed by atoms with Crippen LogP contribution in [0.2, 0.25) is 0 Å². The fourth-order valence-electron chi connectivity index (χ4n) is 2.74. The van der Waals surface area contributed by atoms with E-state index in [4.69, 9.17) is 0 Å². The van der Waals surface area contributed by atoms with Gasteiger partial charge in [0.25, 0.3) is 5.91 Å². The molecule has 0 fully saturated rings. The Morgan fingerprint density at radius 3 is 2.91 bits per heavy atom. The molecule has 0 saturated carbocycles. The molecular weight excluding hydrogens is 288 g/mol. The third-order valence-electron chi connectivity index (χ3n) is 3.91. The second-order valence-electron chi connectivity index (χ2n) is 5.46. The maximum Gasteiger partial charge on any atom is 0.258 e. The molecule has 0 aliphatic heterocycles. The maximum atomic E-state index is 12.7. The highest BCUT2D eigenvalue weighted by Crippen LogP contribution is 2.22. The molecule has 0 saturated heterocycles. The van der Waals surface area contributed by atoms with E-state index in [1.54, 1.807) is 12.4 Å². The molecule has 0 bridgehead atoms. The van der Waals surface area contributed by atoms with Gasteiger partial charge in [-0.1, -0.05) is 18.2 Å². The van der Waals surface area contributed by atoms with Crippen LogP contribution in [0.5, 0.6) is 0 Å². The zero-order chi connectivity index (χ0) is 15.8. The van der Waals surface area contributed by atoms with Crippen molar-refractivity contribution >= 4 is 33.4 Å². The summed E-state index contributed by atoms with van der Waals surface area (Å²) in [6.45, 7) is 1.92. The summed E-state index contributed by atoms with van der Waals surface area (Å²) in [6, 6.07) is 13.4. The van der Waals surface area contributed by atoms with E-state index < -0.39 is 0 Å². The van der Waals surface area contributed by atoms with Crippen molar-refractivity contribution in [1.29, 1.82) is 0 Å². The Morgan fingerprint density at radius 1 is 1.13 bits per heavy atom. The number of nitrogens with zero attached hydrogens (tertiary/aromatic N) is 2. The standard InChI is InChI=1S/C18H14N4O/c1-11-4-5-12-3-2-8-19-17(12)16(11)18(23)21-14-7-6-13-10-20-22-15(13)9-14/h2-10H,1H3,(H,20,22)(H,21,23). The Kier molecular flexibility index (Phi) is 3.05. The second-order valence-corrected chi connectivity index (χ2v) is 5.46. The number of hydrogen-bond donors (Lipinski definition) is 2. The van der Waals surface area contributed by atoms with Crippen molar-refractivity contribution in [3.8, 4) is 0 Å². The molecule has 0 radical (unpaired) electrons. The number of hydrogen-bond acceptors (Lipinski definition) is 3. The average molecular weight is 302 g/mol. The third-order valence-corrected chi connectivity index (χ3v) is 3.91. The Hall–Kier alpha value is -3.21. The SMILES string of the molecule is Cc1ccc2cccnc2c1C(=O)Nc1ccc2cn[nH]c2c1. The topological polar surface area (TPSA) is 70.7 Å². The highest BCUT2D eigenvalue weighted by atomic mass is 16.1. The molecule has 4 aromatic rings. The minimum absolute atomic E-state index is 0.161. The van der Waals surface area contributed by atoms with E-state index in [0.29, 0.717) is 11.1 Å². The first-order valence-electron chi connectivity index (χ1n) is 7.31. The smallest absolute Gasteiger partial charge is 0.258 e. The Morgan fingerprint density at radius 2 is 2.00 bits per heavy atom. The second kappa shape index (κ2) is 5.21. The number of aromatic amines is 1. The molecule has 0 atom stereocenters. The van der Waals surface area contributed by atoms with Crippen LogP contribution in [-0.2, 0) is 0 Å². The van der Waals surface area contributed by atoms with Crippen LogP contribution in [0.15, 0.2) is 54.9 Å². The van der Waals surface area contributed by atoms with Gasteiger partial charge in [-0.3, -0.25) is 14.9 Å². The van der Waals surface area contributed by atoms with Crippen molar-refractivity contribution in [2.45, 2.75) is 6.92 Å². The minimum Gasteiger partial charge on any atom is -0.322 e. The monoisotopic (exact) mass is 302 g/mol. The number of carbonyl (C=O) groups excluding carboxylic acids is 1. The fourth-order valence-corrected chi connectivity index (χ4v) is 2.74. The summed E-state index contributed by atoms with van der Waals surface area (Å²) in [5.41, 5.74) is 3.83. The summed E-state index contributed by atoms with van der Waals surface area (Å²) in [5, 5.41) is 11.8. The van der Waals surface area contributed by atoms with Crippen LogP contribution in [0.1, 0.15) is 15.9 Å². The van der Waals surface area contributed by atoms with Crippen LogP contribution >= 0.6 is 0 Å². The van der Waals surface area contributed by atoms with E-state index in [1.807, 2.05) is 49.4 Å².